The standard InChI is InChI=1S/C29H37N3O.2ClH/c1-31(2)21-27-25(12-10-22-8-9-22)13-14-26-28(30-33-29(26)27)15-11-23-16-18-32(19-17-23)20-24-6-4-3-5-7-24;;/h3-7,10,12-14,22-23H,8-9,11,15-21H2,1-2H3;2*1H/b12-10+;;. The number of fused-ring (bicyclic) bond motifs is 1. The first-order chi connectivity index (χ1) is 16.2. The van der Waals surface area contributed by atoms with E-state index in [2.05, 4.69) is 83.7 Å². The van der Waals surface area contributed by atoms with E-state index in [4.69, 9.17) is 4.52 Å². The van der Waals surface area contributed by atoms with E-state index in [1.807, 2.05) is 0 Å². The van der Waals surface area contributed by atoms with Gasteiger partial charge >= 0.3 is 0 Å². The number of aryl methyl sites for hydroxylation is 1. The molecule has 0 atom stereocenters. The van der Waals surface area contributed by atoms with Crippen molar-refractivity contribution < 1.29 is 4.52 Å². The highest BCUT2D eigenvalue weighted by molar-refractivity contribution is 5.86. The van der Waals surface area contributed by atoms with Crippen LogP contribution in [0.4, 0.5) is 0 Å². The normalized spacial score (nSPS) is 17.1. The number of aromatic nitrogens is 1. The summed E-state index contributed by atoms with van der Waals surface area (Å²) < 4.78 is 5.95. The van der Waals surface area contributed by atoms with Crippen LogP contribution in [0.3, 0.4) is 0 Å². The number of allylic oxidation sites excluding steroid dienone is 1. The van der Waals surface area contributed by atoms with E-state index in [-0.39, 0.29) is 24.8 Å². The van der Waals surface area contributed by atoms with Crippen molar-refractivity contribution in [3.63, 3.8) is 0 Å². The maximum atomic E-state index is 5.95. The quantitative estimate of drug-likeness (QED) is 0.307. The lowest BCUT2D eigenvalue weighted by Gasteiger charge is -2.31. The second-order valence-corrected chi connectivity index (χ2v) is 10.3. The first-order valence-electron chi connectivity index (χ1n) is 12.6. The SMILES string of the molecule is CN(C)Cc1c(/C=C/C2CC2)ccc2c(CCC3CCN(Cc4ccccc4)CC3)noc12.Cl.Cl. The molecule has 1 aliphatic carbocycles. The molecule has 2 heterocycles. The molecular formula is C29H39Cl2N3O. The Hall–Kier alpha value is -1.85. The van der Waals surface area contributed by atoms with Gasteiger partial charge in [0.1, 0.15) is 0 Å². The molecule has 1 saturated carbocycles. The highest BCUT2D eigenvalue weighted by Crippen LogP contribution is 2.33. The molecule has 6 heteroatoms. The average Bonchev–Trinajstić information content (AvgIpc) is 3.56. The Balaban J connectivity index is 0.00000171. The van der Waals surface area contributed by atoms with Crippen molar-refractivity contribution >= 4 is 41.9 Å². The van der Waals surface area contributed by atoms with Gasteiger partial charge in [-0.1, -0.05) is 53.7 Å². The topological polar surface area (TPSA) is 32.5 Å². The molecule has 4 nitrogen and oxygen atoms in total. The summed E-state index contributed by atoms with van der Waals surface area (Å²) in [5.41, 5.74) is 6.08. The van der Waals surface area contributed by atoms with Crippen LogP contribution in [0.2, 0.25) is 0 Å². The molecule has 1 saturated heterocycles. The van der Waals surface area contributed by atoms with Crippen LogP contribution < -0.4 is 0 Å². The van der Waals surface area contributed by atoms with Crippen LogP contribution in [-0.2, 0) is 19.5 Å². The van der Waals surface area contributed by atoms with Gasteiger partial charge in [-0.15, -0.1) is 24.8 Å². The molecule has 3 aromatic rings. The summed E-state index contributed by atoms with van der Waals surface area (Å²) >= 11 is 0. The molecule has 35 heavy (non-hydrogen) atoms. The summed E-state index contributed by atoms with van der Waals surface area (Å²) in [6, 6.07) is 15.3. The molecule has 0 N–H and O–H groups in total. The van der Waals surface area contributed by atoms with Crippen LogP contribution in [0.5, 0.6) is 0 Å². The van der Waals surface area contributed by atoms with E-state index in [0.29, 0.717) is 0 Å². The number of likely N-dealkylation sites (tertiary alicyclic amines) is 1. The molecule has 190 valence electrons. The van der Waals surface area contributed by atoms with E-state index >= 15 is 0 Å². The smallest absolute Gasteiger partial charge is 0.172 e. The van der Waals surface area contributed by atoms with E-state index in [1.54, 1.807) is 0 Å². The maximum Gasteiger partial charge on any atom is 0.172 e. The number of rotatable bonds is 9. The van der Waals surface area contributed by atoms with Gasteiger partial charge in [0.15, 0.2) is 5.58 Å². The van der Waals surface area contributed by atoms with Crippen LogP contribution in [0.1, 0.15) is 54.5 Å². The average molecular weight is 517 g/mol. The summed E-state index contributed by atoms with van der Waals surface area (Å²) in [7, 11) is 4.24. The fourth-order valence-electron chi connectivity index (χ4n) is 5.08. The third kappa shape index (κ3) is 7.33. The van der Waals surface area contributed by atoms with Gasteiger partial charge in [-0.3, -0.25) is 4.90 Å². The van der Waals surface area contributed by atoms with Gasteiger partial charge in [0.05, 0.1) is 5.69 Å². The van der Waals surface area contributed by atoms with E-state index in [1.165, 1.54) is 67.3 Å². The van der Waals surface area contributed by atoms with Gasteiger partial charge < -0.3 is 9.42 Å². The van der Waals surface area contributed by atoms with Crippen molar-refractivity contribution in [2.24, 2.45) is 11.8 Å². The van der Waals surface area contributed by atoms with E-state index in [0.717, 1.165) is 42.6 Å². The Labute approximate surface area is 222 Å². The molecule has 0 amide bonds. The first kappa shape index (κ1) is 27.7. The van der Waals surface area contributed by atoms with Crippen LogP contribution in [0.15, 0.2) is 53.1 Å². The summed E-state index contributed by atoms with van der Waals surface area (Å²) in [6.45, 7) is 4.34. The van der Waals surface area contributed by atoms with Crippen molar-refractivity contribution in [3.05, 3.63) is 70.9 Å². The zero-order valence-electron chi connectivity index (χ0n) is 21.0. The predicted octanol–water partition coefficient (Wildman–Crippen LogP) is 7.00. The van der Waals surface area contributed by atoms with Crippen LogP contribution in [0.25, 0.3) is 17.0 Å². The highest BCUT2D eigenvalue weighted by atomic mass is 35.5. The van der Waals surface area contributed by atoms with E-state index in [9.17, 15) is 0 Å². The number of piperidine rings is 1. The minimum absolute atomic E-state index is 0. The molecular weight excluding hydrogens is 477 g/mol. The molecule has 2 fully saturated rings. The molecule has 0 bridgehead atoms. The molecule has 0 unspecified atom stereocenters. The monoisotopic (exact) mass is 515 g/mol. The molecule has 1 aliphatic heterocycles. The lowest BCUT2D eigenvalue weighted by atomic mass is 9.90. The Morgan fingerprint density at radius 2 is 1.74 bits per heavy atom. The van der Waals surface area contributed by atoms with Crippen LogP contribution in [-0.4, -0.2) is 42.1 Å². The number of benzene rings is 2. The zero-order chi connectivity index (χ0) is 22.6. The lowest BCUT2D eigenvalue weighted by Crippen LogP contribution is -2.33. The van der Waals surface area contributed by atoms with Gasteiger partial charge in [-0.2, -0.15) is 0 Å². The fraction of sp³-hybridized carbons (Fsp3) is 0.483. The van der Waals surface area contributed by atoms with Crippen molar-refractivity contribution in [3.8, 4) is 0 Å². The summed E-state index contributed by atoms with van der Waals surface area (Å²) in [6.07, 6.45) is 12.1. The van der Waals surface area contributed by atoms with Crippen molar-refractivity contribution in [2.45, 2.75) is 51.6 Å². The molecule has 0 spiro atoms. The number of halogens is 2. The Morgan fingerprint density at radius 1 is 1.00 bits per heavy atom. The molecule has 1 aromatic heterocycles. The van der Waals surface area contributed by atoms with Gasteiger partial charge in [0.2, 0.25) is 0 Å². The number of hydrogen-bond acceptors (Lipinski definition) is 4. The molecule has 2 aromatic carbocycles. The summed E-state index contributed by atoms with van der Waals surface area (Å²) in [5, 5.41) is 5.74. The second-order valence-electron chi connectivity index (χ2n) is 10.3. The van der Waals surface area contributed by atoms with Gasteiger partial charge in [-0.25, -0.2) is 0 Å². The fourth-order valence-corrected chi connectivity index (χ4v) is 5.08. The lowest BCUT2D eigenvalue weighted by molar-refractivity contribution is 0.172. The molecule has 0 radical (unpaired) electrons. The van der Waals surface area contributed by atoms with Crippen molar-refractivity contribution in [1.82, 2.24) is 15.0 Å². The van der Waals surface area contributed by atoms with Gasteiger partial charge in [0.25, 0.3) is 0 Å². The van der Waals surface area contributed by atoms with Crippen molar-refractivity contribution in [1.29, 1.82) is 0 Å². The maximum absolute atomic E-state index is 5.95. The summed E-state index contributed by atoms with van der Waals surface area (Å²) in [5.74, 6) is 1.56. The van der Waals surface area contributed by atoms with Crippen LogP contribution >= 0.6 is 24.8 Å². The number of nitrogens with zero attached hydrogens (tertiary/aromatic N) is 3. The summed E-state index contributed by atoms with van der Waals surface area (Å²) in [4.78, 5) is 4.82. The zero-order valence-corrected chi connectivity index (χ0v) is 22.6. The third-order valence-electron chi connectivity index (χ3n) is 7.24. The van der Waals surface area contributed by atoms with Crippen LogP contribution in [0, 0.1) is 11.8 Å². The highest BCUT2D eigenvalue weighted by Gasteiger charge is 2.22. The largest absolute Gasteiger partial charge is 0.356 e. The minimum Gasteiger partial charge on any atom is -0.356 e. The third-order valence-corrected chi connectivity index (χ3v) is 7.24. The number of hydrogen-bond donors (Lipinski definition) is 0. The predicted molar refractivity (Wildman–Crippen MR) is 150 cm³/mol. The van der Waals surface area contributed by atoms with E-state index < -0.39 is 0 Å². The molecule has 5 rings (SSSR count). The Morgan fingerprint density at radius 3 is 2.43 bits per heavy atom. The van der Waals surface area contributed by atoms with Crippen molar-refractivity contribution in [2.75, 3.05) is 27.2 Å². The second kappa shape index (κ2) is 12.9. The first-order valence-corrected chi connectivity index (χ1v) is 12.6. The minimum atomic E-state index is 0. The van der Waals surface area contributed by atoms with Gasteiger partial charge in [-0.05, 0) is 94.7 Å². The Kier molecular flexibility index (Phi) is 10.2. The Bertz CT molecular complexity index is 1080. The van der Waals surface area contributed by atoms with Gasteiger partial charge in [0, 0.05) is 24.0 Å². The molecule has 2 aliphatic rings.